The van der Waals surface area contributed by atoms with Crippen molar-refractivity contribution in [3.63, 3.8) is 0 Å². The van der Waals surface area contributed by atoms with Crippen molar-refractivity contribution in [3.8, 4) is 11.3 Å². The summed E-state index contributed by atoms with van der Waals surface area (Å²) < 4.78 is 15.0. The number of aromatic nitrogens is 3. The van der Waals surface area contributed by atoms with Crippen LogP contribution in [0.2, 0.25) is 0 Å². The van der Waals surface area contributed by atoms with Crippen molar-refractivity contribution in [3.05, 3.63) is 66.1 Å². The van der Waals surface area contributed by atoms with E-state index in [4.69, 9.17) is 5.10 Å². The Morgan fingerprint density at radius 2 is 2.00 bits per heavy atom. The van der Waals surface area contributed by atoms with Gasteiger partial charge in [-0.25, -0.2) is 13.9 Å². The number of benzene rings is 2. The second kappa shape index (κ2) is 10.1. The minimum absolute atomic E-state index is 0.0429. The van der Waals surface area contributed by atoms with Crippen LogP contribution >= 0.6 is 23.1 Å². The minimum Gasteiger partial charge on any atom is -0.355 e. The number of hydrogen-bond acceptors (Lipinski definition) is 6. The lowest BCUT2D eigenvalue weighted by atomic mass is 9.97. The van der Waals surface area contributed by atoms with Gasteiger partial charge < -0.3 is 10.2 Å². The lowest BCUT2D eigenvalue weighted by Gasteiger charge is -2.31. The van der Waals surface area contributed by atoms with E-state index in [0.717, 1.165) is 47.2 Å². The van der Waals surface area contributed by atoms with E-state index in [0.29, 0.717) is 13.1 Å². The molecule has 2 aromatic carbocycles. The predicted molar refractivity (Wildman–Crippen MR) is 136 cm³/mol. The standard InChI is InChI=1S/C25H26FN5OS2/c1-33-21-10-4-17(5-11-21)12-13-27-23(32)19-3-2-14-30(15-19)25-29-31-16-22(28-24(31)34-25)18-6-8-20(26)9-7-18/h4-11,16,19H,2-3,12-15H2,1H3,(H,27,32)/t19-/m1/s1. The van der Waals surface area contributed by atoms with Crippen LogP contribution in [0.1, 0.15) is 18.4 Å². The first kappa shape index (κ1) is 22.9. The van der Waals surface area contributed by atoms with Crippen LogP contribution in [0.15, 0.2) is 59.6 Å². The summed E-state index contributed by atoms with van der Waals surface area (Å²) in [6, 6.07) is 14.8. The normalized spacial score (nSPS) is 16.2. The van der Waals surface area contributed by atoms with Gasteiger partial charge in [0.25, 0.3) is 0 Å². The van der Waals surface area contributed by atoms with Crippen LogP contribution < -0.4 is 10.2 Å². The van der Waals surface area contributed by atoms with Gasteiger partial charge in [-0.1, -0.05) is 23.5 Å². The Morgan fingerprint density at radius 1 is 1.21 bits per heavy atom. The van der Waals surface area contributed by atoms with Crippen LogP contribution in [0.25, 0.3) is 16.2 Å². The zero-order valence-corrected chi connectivity index (χ0v) is 20.5. The van der Waals surface area contributed by atoms with Crippen LogP contribution in [0.5, 0.6) is 0 Å². The van der Waals surface area contributed by atoms with E-state index in [1.165, 1.54) is 33.9 Å². The van der Waals surface area contributed by atoms with Gasteiger partial charge in [-0.05, 0) is 67.5 Å². The van der Waals surface area contributed by atoms with Crippen molar-refractivity contribution >= 4 is 39.1 Å². The van der Waals surface area contributed by atoms with Gasteiger partial charge in [0, 0.05) is 30.1 Å². The highest BCUT2D eigenvalue weighted by Gasteiger charge is 2.27. The summed E-state index contributed by atoms with van der Waals surface area (Å²) in [6.45, 7) is 2.19. The van der Waals surface area contributed by atoms with Gasteiger partial charge in [-0.2, -0.15) is 0 Å². The van der Waals surface area contributed by atoms with E-state index in [9.17, 15) is 9.18 Å². The monoisotopic (exact) mass is 495 g/mol. The molecule has 0 saturated carbocycles. The Balaban J connectivity index is 1.18. The molecule has 1 saturated heterocycles. The lowest BCUT2D eigenvalue weighted by molar-refractivity contribution is -0.125. The van der Waals surface area contributed by atoms with Gasteiger partial charge in [0.05, 0.1) is 17.8 Å². The summed E-state index contributed by atoms with van der Waals surface area (Å²) in [5, 5.41) is 8.70. The average Bonchev–Trinajstić information content (AvgIpc) is 3.45. The quantitative estimate of drug-likeness (QED) is 0.370. The molecule has 2 aromatic heterocycles. The number of nitrogens with zero attached hydrogens (tertiary/aromatic N) is 4. The molecule has 0 radical (unpaired) electrons. The first-order valence-corrected chi connectivity index (χ1v) is 13.4. The van der Waals surface area contributed by atoms with Crippen LogP contribution in [-0.4, -0.2) is 46.4 Å². The molecular weight excluding hydrogens is 469 g/mol. The SMILES string of the molecule is CSc1ccc(CCNC(=O)[C@@H]2CCCN(c3nn4cc(-c5ccc(F)cc5)nc4s3)C2)cc1. The average molecular weight is 496 g/mol. The van der Waals surface area contributed by atoms with E-state index in [-0.39, 0.29) is 17.6 Å². The van der Waals surface area contributed by atoms with Crippen molar-refractivity contribution in [2.75, 3.05) is 30.8 Å². The summed E-state index contributed by atoms with van der Waals surface area (Å²) in [4.78, 5) is 21.7. The van der Waals surface area contributed by atoms with Crippen molar-refractivity contribution in [1.82, 2.24) is 19.9 Å². The number of piperidine rings is 1. The molecule has 0 aliphatic carbocycles. The molecule has 0 bridgehead atoms. The molecule has 0 spiro atoms. The first-order chi connectivity index (χ1) is 16.6. The number of nitrogens with one attached hydrogen (secondary N) is 1. The highest BCUT2D eigenvalue weighted by Crippen LogP contribution is 2.30. The molecule has 1 amide bonds. The fraction of sp³-hybridized carbons (Fsp3) is 0.320. The molecule has 1 aliphatic rings. The molecule has 34 heavy (non-hydrogen) atoms. The molecule has 176 valence electrons. The second-order valence-electron chi connectivity index (χ2n) is 8.42. The minimum atomic E-state index is -0.265. The smallest absolute Gasteiger partial charge is 0.224 e. The third-order valence-corrected chi connectivity index (χ3v) is 7.83. The summed E-state index contributed by atoms with van der Waals surface area (Å²) >= 11 is 3.24. The van der Waals surface area contributed by atoms with E-state index in [2.05, 4.69) is 45.7 Å². The van der Waals surface area contributed by atoms with Crippen molar-refractivity contribution in [1.29, 1.82) is 0 Å². The van der Waals surface area contributed by atoms with E-state index in [1.807, 2.05) is 6.20 Å². The number of rotatable bonds is 7. The van der Waals surface area contributed by atoms with E-state index in [1.54, 1.807) is 28.4 Å². The zero-order chi connectivity index (χ0) is 23.5. The molecule has 4 aromatic rings. The van der Waals surface area contributed by atoms with Gasteiger partial charge >= 0.3 is 0 Å². The number of hydrogen-bond donors (Lipinski definition) is 1. The maximum atomic E-state index is 13.2. The van der Waals surface area contributed by atoms with Gasteiger partial charge in [0.2, 0.25) is 16.0 Å². The van der Waals surface area contributed by atoms with Crippen LogP contribution in [-0.2, 0) is 11.2 Å². The van der Waals surface area contributed by atoms with Crippen molar-refractivity contribution in [2.24, 2.45) is 5.92 Å². The van der Waals surface area contributed by atoms with Gasteiger partial charge in [0.1, 0.15) is 5.82 Å². The third-order valence-electron chi connectivity index (χ3n) is 6.11. The Morgan fingerprint density at radius 3 is 2.74 bits per heavy atom. The number of thioether (sulfide) groups is 1. The molecule has 3 heterocycles. The van der Waals surface area contributed by atoms with Gasteiger partial charge in [-0.15, -0.1) is 16.9 Å². The molecule has 6 nitrogen and oxygen atoms in total. The number of carbonyl (C=O) groups excluding carboxylic acids is 1. The number of anilines is 1. The topological polar surface area (TPSA) is 62.5 Å². The molecule has 1 aliphatic heterocycles. The Kier molecular flexibility index (Phi) is 6.82. The molecule has 0 unspecified atom stereocenters. The Hall–Kier alpha value is -2.91. The molecule has 9 heteroatoms. The van der Waals surface area contributed by atoms with E-state index >= 15 is 0 Å². The van der Waals surface area contributed by atoms with Crippen LogP contribution in [0, 0.1) is 11.7 Å². The summed E-state index contributed by atoms with van der Waals surface area (Å²) in [6.07, 6.45) is 6.61. The number of halogens is 1. The van der Waals surface area contributed by atoms with Gasteiger partial charge in [0.15, 0.2) is 0 Å². The first-order valence-electron chi connectivity index (χ1n) is 11.4. The molecule has 1 atom stereocenters. The van der Waals surface area contributed by atoms with Crippen LogP contribution in [0.3, 0.4) is 0 Å². The lowest BCUT2D eigenvalue weighted by Crippen LogP contribution is -2.43. The molecule has 1 fully saturated rings. The predicted octanol–water partition coefficient (Wildman–Crippen LogP) is 4.89. The number of imidazole rings is 1. The highest BCUT2D eigenvalue weighted by molar-refractivity contribution is 7.98. The summed E-state index contributed by atoms with van der Waals surface area (Å²) in [5.74, 6) is -0.192. The van der Waals surface area contributed by atoms with Gasteiger partial charge in [-0.3, -0.25) is 4.79 Å². The van der Waals surface area contributed by atoms with Crippen molar-refractivity contribution in [2.45, 2.75) is 24.2 Å². The number of fused-ring (bicyclic) bond motifs is 1. The van der Waals surface area contributed by atoms with Crippen molar-refractivity contribution < 1.29 is 9.18 Å². The fourth-order valence-corrected chi connectivity index (χ4v) is 5.53. The molecule has 5 rings (SSSR count). The molecule has 1 N–H and O–H groups in total. The second-order valence-corrected chi connectivity index (χ2v) is 10.2. The van der Waals surface area contributed by atoms with Crippen LogP contribution in [0.4, 0.5) is 9.52 Å². The van der Waals surface area contributed by atoms with E-state index < -0.39 is 0 Å². The molecular formula is C25H26FN5OS2. The summed E-state index contributed by atoms with van der Waals surface area (Å²) in [5.41, 5.74) is 2.86. The maximum absolute atomic E-state index is 13.2. The summed E-state index contributed by atoms with van der Waals surface area (Å²) in [7, 11) is 0. The third kappa shape index (κ3) is 5.10. The number of amides is 1. The Labute approximate surface area is 206 Å². The largest absolute Gasteiger partial charge is 0.355 e. The maximum Gasteiger partial charge on any atom is 0.224 e. The highest BCUT2D eigenvalue weighted by atomic mass is 32.2. The number of carbonyl (C=O) groups is 1. The zero-order valence-electron chi connectivity index (χ0n) is 18.9. The Bertz CT molecular complexity index is 1240. The fourth-order valence-electron chi connectivity index (χ4n) is 4.21.